The number of aliphatic hydroxyl groups excluding tert-OH is 1. The Morgan fingerprint density at radius 1 is 1.55 bits per heavy atom. The van der Waals surface area contributed by atoms with Crippen LogP contribution < -0.4 is 5.73 Å². The number of carboxylic acid groups (broad SMARTS) is 1. The van der Waals surface area contributed by atoms with E-state index in [-0.39, 0.29) is 30.0 Å². The highest BCUT2D eigenvalue weighted by Crippen LogP contribution is 2.30. The van der Waals surface area contributed by atoms with Gasteiger partial charge in [0, 0.05) is 6.20 Å². The lowest BCUT2D eigenvalue weighted by Crippen LogP contribution is -2.15. The van der Waals surface area contributed by atoms with Crippen LogP contribution in [0.2, 0.25) is 0 Å². The highest BCUT2D eigenvalue weighted by Gasteiger charge is 2.30. The van der Waals surface area contributed by atoms with Crippen molar-refractivity contribution in [3.63, 3.8) is 0 Å². The summed E-state index contributed by atoms with van der Waals surface area (Å²) in [5.74, 6) is -1.04. The van der Waals surface area contributed by atoms with E-state index in [0.29, 0.717) is 5.65 Å². The minimum Gasteiger partial charge on any atom is -0.478 e. The molecule has 0 aromatic carbocycles. The number of hydrogen-bond acceptors (Lipinski definition) is 7. The standard InChI is InChI=1S/C11H12N4O5/c12-9-8-5(11(17)18)1-15(10(8)14-4-13-9)6-3-19-7(2-16)20-6/h1,4,6-7,16H,2-3H2,(H,17,18)(H2,12,13,14)/t6-,7-/m1/s1. The number of nitrogen functional groups attached to an aromatic ring is 1. The van der Waals surface area contributed by atoms with Gasteiger partial charge in [0.25, 0.3) is 0 Å². The predicted molar refractivity (Wildman–Crippen MR) is 65.8 cm³/mol. The van der Waals surface area contributed by atoms with Gasteiger partial charge in [-0.15, -0.1) is 0 Å². The van der Waals surface area contributed by atoms with Gasteiger partial charge in [0.2, 0.25) is 0 Å². The predicted octanol–water partition coefficient (Wildman–Crippen LogP) is -0.425. The van der Waals surface area contributed by atoms with Gasteiger partial charge in [-0.2, -0.15) is 0 Å². The summed E-state index contributed by atoms with van der Waals surface area (Å²) in [6.07, 6.45) is 1.33. The molecule has 106 valence electrons. The quantitative estimate of drug-likeness (QED) is 0.690. The van der Waals surface area contributed by atoms with E-state index < -0.39 is 18.5 Å². The molecule has 0 unspecified atom stereocenters. The van der Waals surface area contributed by atoms with E-state index in [9.17, 15) is 9.90 Å². The number of nitrogens with two attached hydrogens (primary N) is 1. The molecule has 0 radical (unpaired) electrons. The molecule has 1 fully saturated rings. The maximum absolute atomic E-state index is 11.3. The lowest BCUT2D eigenvalue weighted by Gasteiger charge is -2.12. The van der Waals surface area contributed by atoms with Crippen molar-refractivity contribution in [2.24, 2.45) is 0 Å². The lowest BCUT2D eigenvalue weighted by atomic mass is 10.2. The Labute approximate surface area is 112 Å². The van der Waals surface area contributed by atoms with Crippen molar-refractivity contribution < 1.29 is 24.5 Å². The third kappa shape index (κ3) is 1.88. The molecule has 3 rings (SSSR count). The number of nitrogens with zero attached hydrogens (tertiary/aromatic N) is 3. The molecule has 2 aromatic heterocycles. The lowest BCUT2D eigenvalue weighted by molar-refractivity contribution is -0.0979. The minimum atomic E-state index is -1.13. The van der Waals surface area contributed by atoms with Crippen LogP contribution >= 0.6 is 0 Å². The van der Waals surface area contributed by atoms with Crippen LogP contribution in [0.4, 0.5) is 5.82 Å². The largest absolute Gasteiger partial charge is 0.478 e. The van der Waals surface area contributed by atoms with Crippen LogP contribution in [0.15, 0.2) is 12.5 Å². The first-order valence-electron chi connectivity index (χ1n) is 5.84. The second-order valence-corrected chi connectivity index (χ2v) is 4.25. The molecule has 3 heterocycles. The number of carbonyl (C=O) groups is 1. The van der Waals surface area contributed by atoms with Crippen molar-refractivity contribution in [3.05, 3.63) is 18.1 Å². The van der Waals surface area contributed by atoms with Crippen molar-refractivity contribution in [3.8, 4) is 0 Å². The van der Waals surface area contributed by atoms with E-state index in [1.54, 1.807) is 0 Å². The number of aromatic carboxylic acids is 1. The maximum atomic E-state index is 11.3. The second kappa shape index (κ2) is 4.71. The van der Waals surface area contributed by atoms with Crippen LogP contribution in [0, 0.1) is 0 Å². The fourth-order valence-electron chi connectivity index (χ4n) is 2.18. The Morgan fingerprint density at radius 2 is 2.35 bits per heavy atom. The number of ether oxygens (including phenoxy) is 2. The Morgan fingerprint density at radius 3 is 3.00 bits per heavy atom. The Hall–Kier alpha value is -2.23. The van der Waals surface area contributed by atoms with E-state index in [1.165, 1.54) is 17.1 Å². The molecule has 1 aliphatic heterocycles. The first kappa shape index (κ1) is 12.8. The van der Waals surface area contributed by atoms with Crippen molar-refractivity contribution in [2.45, 2.75) is 12.5 Å². The highest BCUT2D eigenvalue weighted by molar-refractivity contribution is 6.06. The van der Waals surface area contributed by atoms with Gasteiger partial charge in [0.05, 0.1) is 24.2 Å². The average molecular weight is 280 g/mol. The van der Waals surface area contributed by atoms with Gasteiger partial charge in [-0.3, -0.25) is 0 Å². The topological polar surface area (TPSA) is 133 Å². The Bertz CT molecular complexity index is 670. The summed E-state index contributed by atoms with van der Waals surface area (Å²) in [7, 11) is 0. The molecule has 0 bridgehead atoms. The van der Waals surface area contributed by atoms with Crippen LogP contribution in [0.1, 0.15) is 16.6 Å². The summed E-state index contributed by atoms with van der Waals surface area (Å²) in [4.78, 5) is 19.1. The molecule has 0 aliphatic carbocycles. The monoisotopic (exact) mass is 280 g/mol. The van der Waals surface area contributed by atoms with E-state index in [2.05, 4.69) is 9.97 Å². The summed E-state index contributed by atoms with van der Waals surface area (Å²) in [6.45, 7) is -0.101. The van der Waals surface area contributed by atoms with E-state index in [0.717, 1.165) is 0 Å². The molecule has 2 atom stereocenters. The molecular weight excluding hydrogens is 268 g/mol. The van der Waals surface area contributed by atoms with Gasteiger partial charge in [-0.05, 0) is 0 Å². The maximum Gasteiger partial charge on any atom is 0.338 e. The minimum absolute atomic E-state index is 0.00542. The molecule has 9 heteroatoms. The molecule has 20 heavy (non-hydrogen) atoms. The van der Waals surface area contributed by atoms with Crippen molar-refractivity contribution in [1.29, 1.82) is 0 Å². The molecule has 4 N–H and O–H groups in total. The number of anilines is 1. The summed E-state index contributed by atoms with van der Waals surface area (Å²) in [5.41, 5.74) is 6.06. The first-order chi connectivity index (χ1) is 9.61. The molecule has 9 nitrogen and oxygen atoms in total. The highest BCUT2D eigenvalue weighted by atomic mass is 16.7. The normalized spacial score (nSPS) is 22.4. The number of fused-ring (bicyclic) bond motifs is 1. The fourth-order valence-corrected chi connectivity index (χ4v) is 2.18. The molecule has 1 saturated heterocycles. The zero-order valence-electron chi connectivity index (χ0n) is 10.3. The van der Waals surface area contributed by atoms with Gasteiger partial charge in [0.15, 0.2) is 12.5 Å². The van der Waals surface area contributed by atoms with Crippen LogP contribution in [-0.2, 0) is 9.47 Å². The van der Waals surface area contributed by atoms with Gasteiger partial charge >= 0.3 is 5.97 Å². The molecule has 0 saturated carbocycles. The number of rotatable bonds is 3. The van der Waals surface area contributed by atoms with Gasteiger partial charge in [0.1, 0.15) is 17.8 Å². The molecule has 0 amide bonds. The Kier molecular flexibility index (Phi) is 3.01. The van der Waals surface area contributed by atoms with Crippen molar-refractivity contribution >= 4 is 22.8 Å². The van der Waals surface area contributed by atoms with Crippen LogP contribution in [-0.4, -0.2) is 50.2 Å². The molecular formula is C11H12N4O5. The van der Waals surface area contributed by atoms with Crippen molar-refractivity contribution in [1.82, 2.24) is 14.5 Å². The molecule has 1 aliphatic rings. The molecule has 0 spiro atoms. The number of carboxylic acids is 1. The summed E-state index contributed by atoms with van der Waals surface area (Å²) in [5, 5.41) is 18.5. The van der Waals surface area contributed by atoms with Crippen LogP contribution in [0.3, 0.4) is 0 Å². The first-order valence-corrected chi connectivity index (χ1v) is 5.84. The van der Waals surface area contributed by atoms with E-state index >= 15 is 0 Å². The van der Waals surface area contributed by atoms with Gasteiger partial charge < -0.3 is 30.0 Å². The summed E-state index contributed by atoms with van der Waals surface area (Å²) >= 11 is 0. The summed E-state index contributed by atoms with van der Waals surface area (Å²) < 4.78 is 12.2. The third-order valence-electron chi connectivity index (χ3n) is 3.06. The number of hydrogen-bond donors (Lipinski definition) is 3. The Balaban J connectivity index is 2.12. The zero-order chi connectivity index (χ0) is 14.3. The second-order valence-electron chi connectivity index (χ2n) is 4.25. The third-order valence-corrected chi connectivity index (χ3v) is 3.06. The number of aromatic nitrogens is 3. The molecule has 2 aromatic rings. The van der Waals surface area contributed by atoms with Crippen LogP contribution in [0.25, 0.3) is 11.0 Å². The van der Waals surface area contributed by atoms with Gasteiger partial charge in [-0.25, -0.2) is 14.8 Å². The van der Waals surface area contributed by atoms with Gasteiger partial charge in [-0.1, -0.05) is 0 Å². The fraction of sp³-hybridized carbons (Fsp3) is 0.364. The average Bonchev–Trinajstić information content (AvgIpc) is 3.02. The van der Waals surface area contributed by atoms with Crippen LogP contribution in [0.5, 0.6) is 0 Å². The zero-order valence-corrected chi connectivity index (χ0v) is 10.3. The SMILES string of the molecule is Nc1ncnc2c1c(C(=O)O)cn2[C@H]1CO[C@@H](CO)O1. The summed E-state index contributed by atoms with van der Waals surface area (Å²) in [6, 6.07) is 0. The van der Waals surface area contributed by atoms with Crippen molar-refractivity contribution in [2.75, 3.05) is 18.9 Å². The number of aliphatic hydroxyl groups is 1. The van der Waals surface area contributed by atoms with E-state index in [1.807, 2.05) is 0 Å². The smallest absolute Gasteiger partial charge is 0.338 e. The van der Waals surface area contributed by atoms with E-state index in [4.69, 9.17) is 20.3 Å².